The average Bonchev–Trinajstić information content (AvgIpc) is 2.78. The fourth-order valence-corrected chi connectivity index (χ4v) is 2.21. The summed E-state index contributed by atoms with van der Waals surface area (Å²) in [6.45, 7) is 3.67. The van der Waals surface area contributed by atoms with Crippen LogP contribution in [0.15, 0.2) is 33.6 Å². The number of rotatable bonds is 4. The maximum absolute atomic E-state index is 11.1. The Morgan fingerprint density at radius 3 is 3.14 bits per heavy atom. The van der Waals surface area contributed by atoms with Crippen LogP contribution in [-0.2, 0) is 4.74 Å². The highest BCUT2D eigenvalue weighted by Crippen LogP contribution is 2.26. The van der Waals surface area contributed by atoms with E-state index in [4.69, 9.17) is 9.47 Å². The fourth-order valence-electron chi connectivity index (χ4n) is 2.21. The molecule has 1 saturated heterocycles. The van der Waals surface area contributed by atoms with E-state index in [1.165, 1.54) is 0 Å². The summed E-state index contributed by atoms with van der Waals surface area (Å²) in [4.78, 5) is 13.6. The van der Waals surface area contributed by atoms with Gasteiger partial charge in [0.2, 0.25) is 0 Å². The number of hydrogen-bond donors (Lipinski definition) is 2. The van der Waals surface area contributed by atoms with E-state index in [0.717, 1.165) is 19.7 Å². The van der Waals surface area contributed by atoms with Gasteiger partial charge in [-0.1, -0.05) is 17.3 Å². The van der Waals surface area contributed by atoms with Crippen molar-refractivity contribution in [3.05, 3.63) is 34.8 Å². The number of para-hydroxylation sites is 1. The maximum Gasteiger partial charge on any atom is 0.439 e. The molecule has 2 heterocycles. The molecule has 0 spiro atoms. The Kier molecular flexibility index (Phi) is 4.32. The lowest BCUT2D eigenvalue weighted by Crippen LogP contribution is -2.27. The Morgan fingerprint density at radius 2 is 2.29 bits per heavy atom. The summed E-state index contributed by atoms with van der Waals surface area (Å²) >= 11 is 0. The molecule has 0 aliphatic carbocycles. The Balaban J connectivity index is 1.72. The molecule has 7 nitrogen and oxygen atoms in total. The average molecular weight is 291 g/mol. The quantitative estimate of drug-likeness (QED) is 0.859. The molecule has 1 aliphatic rings. The van der Waals surface area contributed by atoms with Crippen molar-refractivity contribution >= 4 is 0 Å². The minimum absolute atomic E-state index is 0.289. The molecule has 0 amide bonds. The molecule has 2 N–H and O–H groups in total. The summed E-state index contributed by atoms with van der Waals surface area (Å²) in [6, 6.07) is 7.39. The van der Waals surface area contributed by atoms with Crippen LogP contribution in [0.2, 0.25) is 0 Å². The third-order valence-corrected chi connectivity index (χ3v) is 3.27. The van der Waals surface area contributed by atoms with Crippen molar-refractivity contribution in [2.45, 2.75) is 0 Å². The monoisotopic (exact) mass is 291 g/mol. The van der Waals surface area contributed by atoms with Gasteiger partial charge in [0.1, 0.15) is 5.75 Å². The molecule has 1 atom stereocenters. The van der Waals surface area contributed by atoms with E-state index in [2.05, 4.69) is 20.0 Å². The predicted molar refractivity (Wildman–Crippen MR) is 75.2 cm³/mol. The van der Waals surface area contributed by atoms with E-state index >= 15 is 0 Å². The summed E-state index contributed by atoms with van der Waals surface area (Å²) in [5, 5.41) is 7.00. The van der Waals surface area contributed by atoms with Crippen molar-refractivity contribution in [1.82, 2.24) is 15.5 Å². The molecule has 0 saturated carbocycles. The summed E-state index contributed by atoms with van der Waals surface area (Å²) in [6.07, 6.45) is 0. The first kappa shape index (κ1) is 13.8. The van der Waals surface area contributed by atoms with Gasteiger partial charge in [0.05, 0.1) is 25.4 Å². The van der Waals surface area contributed by atoms with Crippen LogP contribution in [0.25, 0.3) is 11.4 Å². The molecular formula is C14H17N3O4. The molecule has 1 aromatic carbocycles. The second kappa shape index (κ2) is 6.55. The first-order valence-electron chi connectivity index (χ1n) is 6.89. The van der Waals surface area contributed by atoms with Gasteiger partial charge >= 0.3 is 5.76 Å². The van der Waals surface area contributed by atoms with Crippen LogP contribution in [0.3, 0.4) is 0 Å². The highest BCUT2D eigenvalue weighted by Gasteiger charge is 2.15. The molecule has 7 heteroatoms. The van der Waals surface area contributed by atoms with E-state index in [1.807, 2.05) is 24.3 Å². The van der Waals surface area contributed by atoms with Gasteiger partial charge in [-0.05, 0) is 12.1 Å². The Morgan fingerprint density at radius 1 is 1.38 bits per heavy atom. The third-order valence-electron chi connectivity index (χ3n) is 3.27. The van der Waals surface area contributed by atoms with Crippen molar-refractivity contribution in [3.63, 3.8) is 0 Å². The molecule has 1 aromatic heterocycles. The zero-order chi connectivity index (χ0) is 14.5. The largest absolute Gasteiger partial charge is 0.492 e. The molecule has 0 radical (unpaired) electrons. The number of ether oxygens (including phenoxy) is 2. The van der Waals surface area contributed by atoms with Gasteiger partial charge < -0.3 is 14.8 Å². The Labute approximate surface area is 121 Å². The van der Waals surface area contributed by atoms with Crippen LogP contribution in [0.1, 0.15) is 0 Å². The van der Waals surface area contributed by atoms with Gasteiger partial charge in [0.25, 0.3) is 0 Å². The smallest absolute Gasteiger partial charge is 0.439 e. The molecule has 1 fully saturated rings. The Bertz CT molecular complexity index is 629. The lowest BCUT2D eigenvalue weighted by atomic mass is 10.1. The minimum Gasteiger partial charge on any atom is -0.492 e. The van der Waals surface area contributed by atoms with Gasteiger partial charge in [-0.25, -0.2) is 4.79 Å². The second-order valence-corrected chi connectivity index (χ2v) is 4.90. The van der Waals surface area contributed by atoms with Gasteiger partial charge in [-0.2, -0.15) is 0 Å². The molecule has 21 heavy (non-hydrogen) atoms. The zero-order valence-electron chi connectivity index (χ0n) is 11.5. The lowest BCUT2D eigenvalue weighted by molar-refractivity contribution is 0.102. The topological polar surface area (TPSA) is 89.4 Å². The van der Waals surface area contributed by atoms with Crippen LogP contribution < -0.4 is 15.8 Å². The zero-order valence-corrected chi connectivity index (χ0v) is 11.5. The fraction of sp³-hybridized carbons (Fsp3) is 0.429. The van der Waals surface area contributed by atoms with Crippen molar-refractivity contribution in [2.24, 2.45) is 5.92 Å². The van der Waals surface area contributed by atoms with Crippen molar-refractivity contribution in [3.8, 4) is 17.1 Å². The Hall–Kier alpha value is -2.12. The van der Waals surface area contributed by atoms with Crippen LogP contribution in [0.4, 0.5) is 0 Å². The van der Waals surface area contributed by atoms with Gasteiger partial charge in [-0.15, -0.1) is 0 Å². The predicted octanol–water partition coefficient (Wildman–Crippen LogP) is 0.645. The van der Waals surface area contributed by atoms with E-state index in [-0.39, 0.29) is 5.92 Å². The summed E-state index contributed by atoms with van der Waals surface area (Å²) in [5.74, 6) is 0.732. The SMILES string of the molecule is O=c1[nH]c(-c2ccccc2OCC2CNCCOC2)no1. The summed E-state index contributed by atoms with van der Waals surface area (Å²) < 4.78 is 15.9. The first-order chi connectivity index (χ1) is 10.3. The van der Waals surface area contributed by atoms with Crippen molar-refractivity contribution < 1.29 is 14.0 Å². The molecular weight excluding hydrogens is 274 g/mol. The van der Waals surface area contributed by atoms with Crippen LogP contribution >= 0.6 is 0 Å². The molecule has 112 valence electrons. The van der Waals surface area contributed by atoms with Gasteiger partial charge in [0, 0.05) is 19.0 Å². The standard InChI is InChI=1S/C14H17N3O4/c18-14-16-13(17-21-14)11-3-1-2-4-12(11)20-9-10-7-15-5-6-19-8-10/h1-4,10,15H,5-9H2,(H,16,17,18). The summed E-state index contributed by atoms with van der Waals surface area (Å²) in [5.41, 5.74) is 0.700. The van der Waals surface area contributed by atoms with Crippen LogP contribution in [-0.4, -0.2) is 43.1 Å². The van der Waals surface area contributed by atoms with Crippen molar-refractivity contribution in [2.75, 3.05) is 32.9 Å². The summed E-state index contributed by atoms with van der Waals surface area (Å²) in [7, 11) is 0. The molecule has 1 aliphatic heterocycles. The lowest BCUT2D eigenvalue weighted by Gasteiger charge is -2.16. The molecule has 0 bridgehead atoms. The van der Waals surface area contributed by atoms with E-state index in [9.17, 15) is 4.79 Å². The highest BCUT2D eigenvalue weighted by atomic mass is 16.5. The molecule has 1 unspecified atom stereocenters. The highest BCUT2D eigenvalue weighted by molar-refractivity contribution is 5.63. The third kappa shape index (κ3) is 3.50. The maximum atomic E-state index is 11.1. The first-order valence-corrected chi connectivity index (χ1v) is 6.89. The number of hydrogen-bond acceptors (Lipinski definition) is 6. The second-order valence-electron chi connectivity index (χ2n) is 4.90. The van der Waals surface area contributed by atoms with Gasteiger partial charge in [0.15, 0.2) is 5.82 Å². The van der Waals surface area contributed by atoms with Crippen LogP contribution in [0.5, 0.6) is 5.75 Å². The number of benzene rings is 1. The number of aromatic amines is 1. The molecule has 3 rings (SSSR count). The van der Waals surface area contributed by atoms with E-state index in [0.29, 0.717) is 30.4 Å². The number of nitrogens with one attached hydrogen (secondary N) is 2. The van der Waals surface area contributed by atoms with Crippen molar-refractivity contribution in [1.29, 1.82) is 0 Å². The van der Waals surface area contributed by atoms with Gasteiger partial charge in [-0.3, -0.25) is 9.51 Å². The van der Waals surface area contributed by atoms with E-state index in [1.54, 1.807) is 0 Å². The minimum atomic E-state index is -0.582. The van der Waals surface area contributed by atoms with E-state index < -0.39 is 5.76 Å². The molecule has 2 aromatic rings. The normalized spacial score (nSPS) is 19.1. The van der Waals surface area contributed by atoms with Crippen LogP contribution in [0, 0.1) is 5.92 Å². The number of nitrogens with zero attached hydrogens (tertiary/aromatic N) is 1. The number of H-pyrrole nitrogens is 1. The number of aromatic nitrogens is 2.